The second kappa shape index (κ2) is 10.9. The highest BCUT2D eigenvalue weighted by atomic mass is 79.9. The Morgan fingerprint density at radius 2 is 1.64 bits per heavy atom. The van der Waals surface area contributed by atoms with E-state index in [0.29, 0.717) is 17.8 Å². The summed E-state index contributed by atoms with van der Waals surface area (Å²) in [5, 5.41) is 2.81. The average molecular weight is 549 g/mol. The van der Waals surface area contributed by atoms with Crippen molar-refractivity contribution in [3.05, 3.63) is 93.5 Å². The Balaban J connectivity index is 1.31. The molecule has 1 N–H and O–H groups in total. The van der Waals surface area contributed by atoms with E-state index in [1.54, 1.807) is 41.3 Å². The third-order valence-corrected chi connectivity index (χ3v) is 6.56. The molecule has 4 rings (SSSR count). The van der Waals surface area contributed by atoms with Crippen molar-refractivity contribution in [3.63, 3.8) is 0 Å². The van der Waals surface area contributed by atoms with E-state index < -0.39 is 11.9 Å². The number of amides is 2. The highest BCUT2D eigenvalue weighted by Crippen LogP contribution is 2.29. The predicted octanol–water partition coefficient (Wildman–Crippen LogP) is 5.10. The molecule has 2 amide bonds. The van der Waals surface area contributed by atoms with Crippen molar-refractivity contribution in [2.75, 3.05) is 23.4 Å². The van der Waals surface area contributed by atoms with Crippen LogP contribution >= 0.6 is 15.9 Å². The first-order valence-corrected chi connectivity index (χ1v) is 12.2. The molecule has 1 fully saturated rings. The van der Waals surface area contributed by atoms with Crippen molar-refractivity contribution in [1.82, 2.24) is 0 Å². The number of benzene rings is 3. The molecule has 1 aliphatic heterocycles. The zero-order valence-electron chi connectivity index (χ0n) is 19.9. The van der Waals surface area contributed by atoms with E-state index in [0.717, 1.165) is 21.3 Å². The lowest BCUT2D eigenvalue weighted by molar-refractivity contribution is -0.122. The number of aryl methyl sites for hydroxylation is 2. The largest absolute Gasteiger partial charge is 0.454 e. The second-order valence-electron chi connectivity index (χ2n) is 8.77. The summed E-state index contributed by atoms with van der Waals surface area (Å²) in [6, 6.07) is 18.9. The third kappa shape index (κ3) is 5.88. The lowest BCUT2D eigenvalue weighted by Crippen LogP contribution is -2.28. The number of ether oxygens (including phenoxy) is 1. The van der Waals surface area contributed by atoms with Crippen LogP contribution in [0.5, 0.6) is 0 Å². The Labute approximate surface area is 217 Å². The van der Waals surface area contributed by atoms with E-state index in [1.165, 1.54) is 12.1 Å². The minimum Gasteiger partial charge on any atom is -0.454 e. The Hall–Kier alpha value is -3.78. The minimum atomic E-state index is -0.635. The zero-order chi connectivity index (χ0) is 25.8. The maximum absolute atomic E-state index is 12.8. The number of Topliss-reactive ketones (excluding diaryl/α,β-unsaturated/α-hetero) is 1. The molecule has 7 nitrogen and oxygen atoms in total. The number of hydrogen-bond donors (Lipinski definition) is 1. The third-order valence-electron chi connectivity index (χ3n) is 6.03. The van der Waals surface area contributed by atoms with E-state index in [4.69, 9.17) is 4.74 Å². The molecule has 0 bridgehead atoms. The molecule has 0 aromatic heterocycles. The molecule has 1 saturated heterocycles. The molecule has 1 aliphatic rings. The first-order chi connectivity index (χ1) is 17.2. The molecular weight excluding hydrogens is 524 g/mol. The number of carbonyl (C=O) groups excluding carboxylic acids is 4. The summed E-state index contributed by atoms with van der Waals surface area (Å²) in [7, 11) is 0. The van der Waals surface area contributed by atoms with Crippen molar-refractivity contribution < 1.29 is 23.9 Å². The number of nitrogens with one attached hydrogen (secondary N) is 1. The van der Waals surface area contributed by atoms with Gasteiger partial charge in [0.25, 0.3) is 0 Å². The van der Waals surface area contributed by atoms with Crippen LogP contribution in [-0.2, 0) is 14.3 Å². The summed E-state index contributed by atoms with van der Waals surface area (Å²) < 4.78 is 5.98. The van der Waals surface area contributed by atoms with E-state index in [2.05, 4.69) is 21.2 Å². The van der Waals surface area contributed by atoms with Gasteiger partial charge in [0.15, 0.2) is 12.4 Å². The van der Waals surface area contributed by atoms with Crippen LogP contribution in [0, 0.1) is 19.8 Å². The van der Waals surface area contributed by atoms with Crippen molar-refractivity contribution in [2.45, 2.75) is 20.3 Å². The fraction of sp³-hybridized carbons (Fsp3) is 0.214. The van der Waals surface area contributed by atoms with Gasteiger partial charge in [0, 0.05) is 34.4 Å². The van der Waals surface area contributed by atoms with E-state index in [1.807, 2.05) is 32.0 Å². The summed E-state index contributed by atoms with van der Waals surface area (Å²) in [5.74, 6) is -1.76. The van der Waals surface area contributed by atoms with Gasteiger partial charge in [0.05, 0.1) is 11.5 Å². The van der Waals surface area contributed by atoms with E-state index in [9.17, 15) is 19.2 Å². The van der Waals surface area contributed by atoms with Crippen LogP contribution in [-0.4, -0.2) is 36.7 Å². The highest BCUT2D eigenvalue weighted by molar-refractivity contribution is 9.10. The van der Waals surface area contributed by atoms with Gasteiger partial charge < -0.3 is 15.0 Å². The van der Waals surface area contributed by atoms with Crippen LogP contribution in [0.25, 0.3) is 0 Å². The van der Waals surface area contributed by atoms with Gasteiger partial charge in [-0.15, -0.1) is 0 Å². The summed E-state index contributed by atoms with van der Waals surface area (Å²) in [4.78, 5) is 51.6. The molecular formula is C28H25BrN2O5. The summed E-state index contributed by atoms with van der Waals surface area (Å²) >= 11 is 3.31. The normalized spacial score (nSPS) is 15.0. The van der Waals surface area contributed by atoms with Gasteiger partial charge in [-0.05, 0) is 61.9 Å². The first kappa shape index (κ1) is 25.3. The molecule has 8 heteroatoms. The molecule has 184 valence electrons. The molecule has 1 heterocycles. The molecule has 0 spiro atoms. The monoisotopic (exact) mass is 548 g/mol. The van der Waals surface area contributed by atoms with Crippen molar-refractivity contribution in [3.8, 4) is 0 Å². The molecule has 0 saturated carbocycles. The number of esters is 1. The van der Waals surface area contributed by atoms with Crippen molar-refractivity contribution >= 4 is 50.9 Å². The topological polar surface area (TPSA) is 92.8 Å². The number of nitrogens with zero attached hydrogens (tertiary/aromatic N) is 1. The second-order valence-corrected chi connectivity index (χ2v) is 9.68. The SMILES string of the molecule is Cc1ccc(N2C[C@@H](C(=O)Nc3ccc(C(=O)OCC(=O)c4ccc(Br)cc4)cc3)CC2=O)c(C)c1. The van der Waals surface area contributed by atoms with Crippen LogP contribution in [0.3, 0.4) is 0 Å². The molecule has 0 radical (unpaired) electrons. The lowest BCUT2D eigenvalue weighted by Gasteiger charge is -2.19. The maximum atomic E-state index is 12.8. The summed E-state index contributed by atoms with van der Waals surface area (Å²) in [6.45, 7) is 3.89. The van der Waals surface area contributed by atoms with Gasteiger partial charge in [-0.2, -0.15) is 0 Å². The van der Waals surface area contributed by atoms with Crippen molar-refractivity contribution in [1.29, 1.82) is 0 Å². The molecule has 36 heavy (non-hydrogen) atoms. The highest BCUT2D eigenvalue weighted by Gasteiger charge is 2.35. The average Bonchev–Trinajstić information content (AvgIpc) is 3.24. The van der Waals surface area contributed by atoms with Crippen molar-refractivity contribution in [2.24, 2.45) is 5.92 Å². The fourth-order valence-electron chi connectivity index (χ4n) is 4.09. The van der Waals surface area contributed by atoms with Gasteiger partial charge in [-0.3, -0.25) is 14.4 Å². The van der Waals surface area contributed by atoms with Crippen LogP contribution in [0.2, 0.25) is 0 Å². The predicted molar refractivity (Wildman–Crippen MR) is 140 cm³/mol. The Kier molecular flexibility index (Phi) is 7.64. The maximum Gasteiger partial charge on any atom is 0.338 e. The standard InChI is InChI=1S/C28H25BrN2O5/c1-17-3-12-24(18(2)13-17)31-15-21(14-26(31)33)27(34)30-23-10-6-20(7-11-23)28(35)36-16-25(32)19-4-8-22(29)9-5-19/h3-13,21H,14-16H2,1-2H3,(H,30,34)/t21-/m0/s1. The smallest absolute Gasteiger partial charge is 0.338 e. The fourth-order valence-corrected chi connectivity index (χ4v) is 4.36. The number of anilines is 2. The molecule has 1 atom stereocenters. The number of halogens is 1. The van der Waals surface area contributed by atoms with Crippen LogP contribution in [0.1, 0.15) is 38.3 Å². The molecule has 0 unspecified atom stereocenters. The lowest BCUT2D eigenvalue weighted by atomic mass is 10.1. The van der Waals surface area contributed by atoms with Crippen LogP contribution in [0.15, 0.2) is 71.2 Å². The van der Waals surface area contributed by atoms with E-state index in [-0.39, 0.29) is 36.2 Å². The first-order valence-electron chi connectivity index (χ1n) is 11.5. The molecule has 3 aromatic rings. The van der Waals surface area contributed by atoms with Crippen LogP contribution < -0.4 is 10.2 Å². The number of carbonyl (C=O) groups is 4. The molecule has 0 aliphatic carbocycles. The zero-order valence-corrected chi connectivity index (χ0v) is 21.5. The number of hydrogen-bond acceptors (Lipinski definition) is 5. The van der Waals surface area contributed by atoms with Gasteiger partial charge in [0.1, 0.15) is 0 Å². The Morgan fingerprint density at radius 1 is 0.972 bits per heavy atom. The van der Waals surface area contributed by atoms with Gasteiger partial charge in [-0.25, -0.2) is 4.79 Å². The molecule has 3 aromatic carbocycles. The van der Waals surface area contributed by atoms with Crippen LogP contribution in [0.4, 0.5) is 11.4 Å². The van der Waals surface area contributed by atoms with E-state index >= 15 is 0 Å². The Morgan fingerprint density at radius 3 is 2.31 bits per heavy atom. The summed E-state index contributed by atoms with van der Waals surface area (Å²) in [6.07, 6.45) is 0.135. The van der Waals surface area contributed by atoms with Gasteiger partial charge >= 0.3 is 5.97 Å². The summed E-state index contributed by atoms with van der Waals surface area (Å²) in [5.41, 5.74) is 4.13. The minimum absolute atomic E-state index is 0.0853. The van der Waals surface area contributed by atoms with Gasteiger partial charge in [-0.1, -0.05) is 45.8 Å². The van der Waals surface area contributed by atoms with Gasteiger partial charge in [0.2, 0.25) is 11.8 Å². The Bertz CT molecular complexity index is 1320. The number of rotatable bonds is 7. The quantitative estimate of drug-likeness (QED) is 0.327. The number of ketones is 1.